The van der Waals surface area contributed by atoms with Gasteiger partial charge in [-0.05, 0) is 44.0 Å². The molecule has 12 heavy (non-hydrogen) atoms. The van der Waals surface area contributed by atoms with Crippen LogP contribution in [0.2, 0.25) is 0 Å². The van der Waals surface area contributed by atoms with Gasteiger partial charge in [0.2, 0.25) is 0 Å². The molecule has 0 spiro atoms. The molecule has 0 aromatic carbocycles. The maximum Gasteiger partial charge on any atom is 0.313 e. The molecule has 3 nitrogen and oxygen atoms in total. The van der Waals surface area contributed by atoms with E-state index in [1.54, 1.807) is 0 Å². The van der Waals surface area contributed by atoms with E-state index in [1.807, 2.05) is 0 Å². The van der Waals surface area contributed by atoms with E-state index in [2.05, 4.69) is 17.3 Å². The summed E-state index contributed by atoms with van der Waals surface area (Å²) in [6, 6.07) is 0. The molecule has 1 fully saturated rings. The highest BCUT2D eigenvalue weighted by Gasteiger charge is 2.18. The van der Waals surface area contributed by atoms with E-state index in [0.717, 1.165) is 18.9 Å². The standard InChI is InChI=1S/C8H15ClN2O/c1-11-5-3-7(6-11)2-4-10-8(9)12/h7H,2-6H2,1H3,(H,10,12). The van der Waals surface area contributed by atoms with Crippen molar-refractivity contribution < 1.29 is 4.79 Å². The Morgan fingerprint density at radius 2 is 2.50 bits per heavy atom. The number of amides is 1. The number of rotatable bonds is 3. The lowest BCUT2D eigenvalue weighted by Crippen LogP contribution is -2.21. The van der Waals surface area contributed by atoms with Crippen LogP contribution in [-0.2, 0) is 0 Å². The highest BCUT2D eigenvalue weighted by molar-refractivity contribution is 6.62. The summed E-state index contributed by atoms with van der Waals surface area (Å²) in [6.07, 6.45) is 2.29. The minimum Gasteiger partial charge on any atom is -0.343 e. The van der Waals surface area contributed by atoms with Gasteiger partial charge in [0.15, 0.2) is 0 Å². The second-order valence-electron chi connectivity index (χ2n) is 3.41. The molecule has 1 heterocycles. The van der Waals surface area contributed by atoms with Gasteiger partial charge < -0.3 is 10.2 Å². The highest BCUT2D eigenvalue weighted by atomic mass is 35.5. The van der Waals surface area contributed by atoms with Gasteiger partial charge >= 0.3 is 5.37 Å². The fourth-order valence-electron chi connectivity index (χ4n) is 1.64. The Morgan fingerprint density at radius 1 is 1.75 bits per heavy atom. The monoisotopic (exact) mass is 190 g/mol. The molecule has 1 amide bonds. The number of likely N-dealkylation sites (tertiary alicyclic amines) is 1. The Labute approximate surface area is 78.1 Å². The maximum absolute atomic E-state index is 10.3. The largest absolute Gasteiger partial charge is 0.343 e. The Morgan fingerprint density at radius 3 is 3.00 bits per heavy atom. The summed E-state index contributed by atoms with van der Waals surface area (Å²) in [5.41, 5.74) is 0. The summed E-state index contributed by atoms with van der Waals surface area (Å²) < 4.78 is 0. The summed E-state index contributed by atoms with van der Waals surface area (Å²) in [6.45, 7) is 3.04. The average Bonchev–Trinajstić information content (AvgIpc) is 2.35. The highest BCUT2D eigenvalue weighted by Crippen LogP contribution is 2.16. The first kappa shape index (κ1) is 9.81. The van der Waals surface area contributed by atoms with Gasteiger partial charge in [-0.3, -0.25) is 4.79 Å². The molecule has 0 bridgehead atoms. The van der Waals surface area contributed by atoms with Crippen LogP contribution in [0.3, 0.4) is 0 Å². The molecule has 0 aromatic heterocycles. The van der Waals surface area contributed by atoms with Gasteiger partial charge in [-0.2, -0.15) is 0 Å². The van der Waals surface area contributed by atoms with E-state index in [-0.39, 0.29) is 0 Å². The average molecular weight is 191 g/mol. The number of carbonyl (C=O) groups excluding carboxylic acids is 1. The molecule has 1 N–H and O–H groups in total. The van der Waals surface area contributed by atoms with Crippen molar-refractivity contribution in [3.63, 3.8) is 0 Å². The summed E-state index contributed by atoms with van der Waals surface area (Å²) >= 11 is 5.13. The number of hydrogen-bond donors (Lipinski definition) is 1. The lowest BCUT2D eigenvalue weighted by molar-refractivity contribution is 0.259. The molecule has 1 atom stereocenters. The van der Waals surface area contributed by atoms with Crippen molar-refractivity contribution in [2.45, 2.75) is 12.8 Å². The Kier molecular flexibility index (Phi) is 3.82. The van der Waals surface area contributed by atoms with Gasteiger partial charge in [0.05, 0.1) is 0 Å². The molecular weight excluding hydrogens is 176 g/mol. The zero-order chi connectivity index (χ0) is 8.97. The van der Waals surface area contributed by atoms with Crippen LogP contribution in [0.5, 0.6) is 0 Å². The number of carbonyl (C=O) groups is 1. The van der Waals surface area contributed by atoms with Crippen molar-refractivity contribution in [1.29, 1.82) is 0 Å². The molecule has 1 aliphatic heterocycles. The van der Waals surface area contributed by atoms with Crippen molar-refractivity contribution in [2.24, 2.45) is 5.92 Å². The van der Waals surface area contributed by atoms with E-state index in [9.17, 15) is 4.79 Å². The predicted molar refractivity (Wildman–Crippen MR) is 49.5 cm³/mol. The Bertz CT molecular complexity index is 163. The van der Waals surface area contributed by atoms with Crippen LogP contribution in [0.25, 0.3) is 0 Å². The molecule has 0 aliphatic carbocycles. The zero-order valence-corrected chi connectivity index (χ0v) is 8.10. The summed E-state index contributed by atoms with van der Waals surface area (Å²) in [7, 11) is 2.13. The SMILES string of the molecule is CN1CCC(CCNC(=O)Cl)C1. The molecule has 70 valence electrons. The van der Waals surface area contributed by atoms with Gasteiger partial charge in [-0.15, -0.1) is 0 Å². The fourth-order valence-corrected chi connectivity index (χ4v) is 1.73. The smallest absolute Gasteiger partial charge is 0.313 e. The van der Waals surface area contributed by atoms with Crippen LogP contribution in [0.1, 0.15) is 12.8 Å². The van der Waals surface area contributed by atoms with Crippen LogP contribution < -0.4 is 5.32 Å². The van der Waals surface area contributed by atoms with Crippen LogP contribution in [0.4, 0.5) is 4.79 Å². The lowest BCUT2D eigenvalue weighted by atomic mass is 10.1. The molecule has 0 radical (unpaired) electrons. The van der Waals surface area contributed by atoms with Crippen LogP contribution >= 0.6 is 11.6 Å². The quantitative estimate of drug-likeness (QED) is 0.537. The molecule has 1 saturated heterocycles. The van der Waals surface area contributed by atoms with Crippen molar-refractivity contribution in [3.05, 3.63) is 0 Å². The van der Waals surface area contributed by atoms with Crippen molar-refractivity contribution in [2.75, 3.05) is 26.7 Å². The van der Waals surface area contributed by atoms with Crippen LogP contribution in [0, 0.1) is 5.92 Å². The van der Waals surface area contributed by atoms with Crippen molar-refractivity contribution in [3.8, 4) is 0 Å². The number of nitrogens with zero attached hydrogens (tertiary/aromatic N) is 1. The normalized spacial score (nSPS) is 24.3. The van der Waals surface area contributed by atoms with Gasteiger partial charge in [-0.25, -0.2) is 0 Å². The topological polar surface area (TPSA) is 32.3 Å². The number of hydrogen-bond acceptors (Lipinski definition) is 2. The van der Waals surface area contributed by atoms with Gasteiger partial charge in [-0.1, -0.05) is 0 Å². The molecular formula is C8H15ClN2O. The number of halogens is 1. The first-order chi connectivity index (χ1) is 5.68. The van der Waals surface area contributed by atoms with Crippen molar-refractivity contribution >= 4 is 17.0 Å². The molecule has 1 rings (SSSR count). The van der Waals surface area contributed by atoms with E-state index < -0.39 is 5.37 Å². The third-order valence-corrected chi connectivity index (χ3v) is 2.44. The van der Waals surface area contributed by atoms with Crippen LogP contribution in [0.15, 0.2) is 0 Å². The minimum absolute atomic E-state index is 0.443. The van der Waals surface area contributed by atoms with E-state index in [1.165, 1.54) is 13.0 Å². The molecule has 0 aromatic rings. The van der Waals surface area contributed by atoms with Gasteiger partial charge in [0.1, 0.15) is 0 Å². The maximum atomic E-state index is 10.3. The first-order valence-corrected chi connectivity index (χ1v) is 4.68. The minimum atomic E-state index is -0.443. The summed E-state index contributed by atoms with van der Waals surface area (Å²) in [4.78, 5) is 12.6. The lowest BCUT2D eigenvalue weighted by Gasteiger charge is -2.09. The van der Waals surface area contributed by atoms with Crippen molar-refractivity contribution in [1.82, 2.24) is 10.2 Å². The molecule has 1 unspecified atom stereocenters. The zero-order valence-electron chi connectivity index (χ0n) is 7.35. The third-order valence-electron chi connectivity index (χ3n) is 2.31. The summed E-state index contributed by atoms with van der Waals surface area (Å²) in [5.74, 6) is 0.735. The van der Waals surface area contributed by atoms with Gasteiger partial charge in [0.25, 0.3) is 0 Å². The summed E-state index contributed by atoms with van der Waals surface area (Å²) in [5, 5.41) is 2.15. The van der Waals surface area contributed by atoms with Gasteiger partial charge in [0, 0.05) is 13.1 Å². The molecule has 0 saturated carbocycles. The van der Waals surface area contributed by atoms with E-state index in [4.69, 9.17) is 11.6 Å². The van der Waals surface area contributed by atoms with E-state index in [0.29, 0.717) is 6.54 Å². The number of nitrogens with one attached hydrogen (secondary N) is 1. The molecule has 1 aliphatic rings. The first-order valence-electron chi connectivity index (χ1n) is 4.30. The predicted octanol–water partition coefficient (Wildman–Crippen LogP) is 1.28. The fraction of sp³-hybridized carbons (Fsp3) is 0.875. The third kappa shape index (κ3) is 3.41. The Hall–Kier alpha value is -0.280. The second-order valence-corrected chi connectivity index (χ2v) is 3.75. The Balaban J connectivity index is 2.04. The second kappa shape index (κ2) is 4.67. The van der Waals surface area contributed by atoms with E-state index >= 15 is 0 Å². The molecule has 4 heteroatoms. The van der Waals surface area contributed by atoms with Crippen LogP contribution in [-0.4, -0.2) is 36.9 Å².